The summed E-state index contributed by atoms with van der Waals surface area (Å²) in [7, 11) is 0. The van der Waals surface area contributed by atoms with Gasteiger partial charge in [0.1, 0.15) is 0 Å². The summed E-state index contributed by atoms with van der Waals surface area (Å²) < 4.78 is 4.12. The zero-order valence-corrected chi connectivity index (χ0v) is 19.9. The lowest BCUT2D eigenvalue weighted by molar-refractivity contribution is -0.116. The molecule has 1 aromatic carbocycles. The number of nitrogens with one attached hydrogen (secondary N) is 3. The smallest absolute Gasteiger partial charge is 0.257 e. The van der Waals surface area contributed by atoms with E-state index in [4.69, 9.17) is 12.2 Å². The molecule has 3 aromatic heterocycles. The molecule has 0 aliphatic heterocycles. The lowest BCUT2D eigenvalue weighted by Crippen LogP contribution is -2.15. The molecule has 12 heteroatoms. The summed E-state index contributed by atoms with van der Waals surface area (Å²) in [5.41, 5.74) is 1.66. The minimum Gasteiger partial charge on any atom is -0.337 e. The van der Waals surface area contributed by atoms with Crippen LogP contribution in [0.4, 0.5) is 10.8 Å². The molecule has 0 radical (unpaired) electrons. The number of imidazole rings is 1. The van der Waals surface area contributed by atoms with Crippen LogP contribution in [0.2, 0.25) is 0 Å². The minimum atomic E-state index is -0.334. The van der Waals surface area contributed by atoms with Crippen LogP contribution >= 0.6 is 23.6 Å². The Balaban J connectivity index is 1.43. The molecular formula is C22H22N8O2S2. The van der Waals surface area contributed by atoms with Gasteiger partial charge in [0.25, 0.3) is 5.91 Å². The number of nitrogens with zero attached hydrogens (tertiary/aromatic N) is 5. The van der Waals surface area contributed by atoms with Gasteiger partial charge in [-0.25, -0.2) is 9.97 Å². The predicted octanol–water partition coefficient (Wildman–Crippen LogP) is 4.04. The maximum Gasteiger partial charge on any atom is 0.257 e. The van der Waals surface area contributed by atoms with Crippen molar-refractivity contribution in [2.24, 2.45) is 0 Å². The molecule has 4 aromatic rings. The topological polar surface area (TPSA) is 123 Å². The maximum absolute atomic E-state index is 12.8. The van der Waals surface area contributed by atoms with Gasteiger partial charge in [0.15, 0.2) is 15.7 Å². The number of hydrogen-bond donors (Lipinski definition) is 3. The van der Waals surface area contributed by atoms with Crippen LogP contribution in [-0.4, -0.2) is 41.1 Å². The molecule has 0 atom stereocenters. The van der Waals surface area contributed by atoms with Crippen molar-refractivity contribution >= 4 is 46.2 Å². The number of carbonyl (C=O) groups excluding carboxylic acids is 2. The van der Waals surface area contributed by atoms with Crippen LogP contribution in [0.15, 0.2) is 55.6 Å². The van der Waals surface area contributed by atoms with E-state index in [2.05, 4.69) is 37.4 Å². The third-order valence-corrected chi connectivity index (χ3v) is 6.24. The number of aryl methyl sites for hydroxylation is 2. The summed E-state index contributed by atoms with van der Waals surface area (Å²) in [6.07, 6.45) is 7.14. The number of benzene rings is 1. The fourth-order valence-electron chi connectivity index (χ4n) is 3.23. The number of hydrogen-bond acceptors (Lipinski definition) is 7. The third-order valence-electron chi connectivity index (χ3n) is 4.85. The zero-order chi connectivity index (χ0) is 24.1. The van der Waals surface area contributed by atoms with Gasteiger partial charge >= 0.3 is 0 Å². The fraction of sp³-hybridized carbons (Fsp3) is 0.182. The highest BCUT2D eigenvalue weighted by Crippen LogP contribution is 2.32. The van der Waals surface area contributed by atoms with Crippen LogP contribution in [0.1, 0.15) is 22.5 Å². The van der Waals surface area contributed by atoms with Gasteiger partial charge in [-0.15, -0.1) is 6.58 Å². The highest BCUT2D eigenvalue weighted by molar-refractivity contribution is 7.71. The molecule has 10 nitrogen and oxygen atoms in total. The molecule has 34 heavy (non-hydrogen) atoms. The summed E-state index contributed by atoms with van der Waals surface area (Å²) in [5, 5.41) is 13.2. The molecule has 4 rings (SSSR count). The first-order valence-corrected chi connectivity index (χ1v) is 11.6. The van der Waals surface area contributed by atoms with Crippen molar-refractivity contribution in [3.05, 3.63) is 71.7 Å². The summed E-state index contributed by atoms with van der Waals surface area (Å²) >= 11 is 6.58. The van der Waals surface area contributed by atoms with Gasteiger partial charge in [-0.2, -0.15) is 5.10 Å². The average Bonchev–Trinajstić information content (AvgIpc) is 3.54. The number of H-pyrrole nitrogens is 1. The van der Waals surface area contributed by atoms with Crippen LogP contribution in [-0.2, 0) is 17.9 Å². The number of allylic oxidation sites excluding steroid dienone is 1. The van der Waals surface area contributed by atoms with E-state index < -0.39 is 0 Å². The second kappa shape index (κ2) is 10.4. The highest BCUT2D eigenvalue weighted by atomic mass is 32.1. The van der Waals surface area contributed by atoms with Crippen molar-refractivity contribution in [2.75, 3.05) is 10.6 Å². The Morgan fingerprint density at radius 3 is 2.94 bits per heavy atom. The van der Waals surface area contributed by atoms with E-state index >= 15 is 0 Å². The third kappa shape index (κ3) is 5.35. The van der Waals surface area contributed by atoms with Crippen molar-refractivity contribution < 1.29 is 9.59 Å². The number of aromatic nitrogens is 6. The Kier molecular flexibility index (Phi) is 7.09. The number of amides is 2. The molecular weight excluding hydrogens is 472 g/mol. The summed E-state index contributed by atoms with van der Waals surface area (Å²) in [6, 6.07) is 6.75. The molecule has 0 aliphatic rings. The number of anilines is 2. The Morgan fingerprint density at radius 1 is 1.32 bits per heavy atom. The zero-order valence-electron chi connectivity index (χ0n) is 18.3. The van der Waals surface area contributed by atoms with E-state index in [0.29, 0.717) is 46.5 Å². The number of carbonyl (C=O) groups is 2. The first-order chi connectivity index (χ1) is 16.4. The molecule has 0 saturated carbocycles. The van der Waals surface area contributed by atoms with Crippen molar-refractivity contribution in [1.82, 2.24) is 29.3 Å². The Bertz CT molecular complexity index is 1380. The van der Waals surface area contributed by atoms with Gasteiger partial charge < -0.3 is 9.88 Å². The quantitative estimate of drug-likeness (QED) is 0.238. The van der Waals surface area contributed by atoms with Crippen LogP contribution in [0.25, 0.3) is 10.7 Å². The number of rotatable bonds is 9. The SMILES string of the molecule is C=CCn1c(-c2sc(NC(=O)c3cccc(NC(=O)CCn4ccnc4)c3)nc2C)n[nH]c1=S. The first kappa shape index (κ1) is 23.3. The Hall–Kier alpha value is -3.90. The number of thiazole rings is 1. The Labute approximate surface area is 204 Å². The van der Waals surface area contributed by atoms with Crippen LogP contribution < -0.4 is 10.6 Å². The van der Waals surface area contributed by atoms with Gasteiger partial charge in [-0.05, 0) is 37.3 Å². The van der Waals surface area contributed by atoms with Crippen LogP contribution in [0, 0.1) is 11.7 Å². The van der Waals surface area contributed by atoms with Gasteiger partial charge in [0.05, 0.1) is 16.9 Å². The molecule has 3 N–H and O–H groups in total. The lowest BCUT2D eigenvalue weighted by Gasteiger charge is -2.08. The lowest BCUT2D eigenvalue weighted by atomic mass is 10.2. The van der Waals surface area contributed by atoms with E-state index in [-0.39, 0.29) is 11.8 Å². The minimum absolute atomic E-state index is 0.153. The van der Waals surface area contributed by atoms with Crippen molar-refractivity contribution in [1.29, 1.82) is 0 Å². The van der Waals surface area contributed by atoms with Gasteiger partial charge in [0, 0.05) is 43.2 Å². The molecule has 2 amide bonds. The molecule has 0 aliphatic carbocycles. The fourth-order valence-corrected chi connectivity index (χ4v) is 4.39. The largest absolute Gasteiger partial charge is 0.337 e. The second-order valence-electron chi connectivity index (χ2n) is 7.32. The van der Waals surface area contributed by atoms with E-state index in [1.807, 2.05) is 16.1 Å². The van der Waals surface area contributed by atoms with Crippen LogP contribution in [0.5, 0.6) is 0 Å². The molecule has 0 spiro atoms. The predicted molar refractivity (Wildman–Crippen MR) is 133 cm³/mol. The van der Waals surface area contributed by atoms with E-state index in [1.54, 1.807) is 49.1 Å². The standard InChI is InChI=1S/C22H22N8O2S2/c1-3-9-30-19(27-28-22(30)33)18-14(2)24-21(34-18)26-20(32)15-5-4-6-16(12-15)25-17(31)7-10-29-11-8-23-13-29/h3-6,8,11-13H,1,7,9-10H2,2H3,(H,25,31)(H,28,33)(H,24,26,32). The van der Waals surface area contributed by atoms with Crippen molar-refractivity contribution in [3.8, 4) is 10.7 Å². The van der Waals surface area contributed by atoms with Crippen molar-refractivity contribution in [3.63, 3.8) is 0 Å². The van der Waals surface area contributed by atoms with Crippen LogP contribution in [0.3, 0.4) is 0 Å². The summed E-state index contributed by atoms with van der Waals surface area (Å²) in [5.74, 6) is 0.153. The summed E-state index contributed by atoms with van der Waals surface area (Å²) in [4.78, 5) is 34.3. The molecule has 0 saturated heterocycles. The van der Waals surface area contributed by atoms with E-state index in [9.17, 15) is 9.59 Å². The highest BCUT2D eigenvalue weighted by Gasteiger charge is 2.18. The summed E-state index contributed by atoms with van der Waals surface area (Å²) in [6.45, 7) is 6.62. The van der Waals surface area contributed by atoms with Gasteiger partial charge in [0.2, 0.25) is 5.91 Å². The normalized spacial score (nSPS) is 10.7. The Morgan fingerprint density at radius 2 is 2.18 bits per heavy atom. The molecule has 0 unspecified atom stereocenters. The second-order valence-corrected chi connectivity index (χ2v) is 8.70. The first-order valence-electron chi connectivity index (χ1n) is 10.4. The van der Waals surface area contributed by atoms with Crippen molar-refractivity contribution in [2.45, 2.75) is 26.4 Å². The van der Waals surface area contributed by atoms with E-state index in [0.717, 1.165) is 10.6 Å². The molecule has 3 heterocycles. The average molecular weight is 495 g/mol. The molecule has 174 valence electrons. The number of aromatic amines is 1. The maximum atomic E-state index is 12.8. The van der Waals surface area contributed by atoms with Gasteiger partial charge in [-0.3, -0.25) is 24.6 Å². The molecule has 0 bridgehead atoms. The monoisotopic (exact) mass is 494 g/mol. The molecule has 0 fully saturated rings. The van der Waals surface area contributed by atoms with E-state index in [1.165, 1.54) is 11.3 Å². The van der Waals surface area contributed by atoms with Gasteiger partial charge in [-0.1, -0.05) is 23.5 Å².